The molecule has 0 atom stereocenters. The summed E-state index contributed by atoms with van der Waals surface area (Å²) in [5.74, 6) is 0. The molecule has 0 heterocycles. The molecule has 2 heteroatoms. The molecule has 17 aromatic carbocycles. The second-order valence-electron chi connectivity index (χ2n) is 28.6. The number of benzene rings is 17. The average Bonchev–Trinajstić information content (AvgIpc) is 0.699. The Bertz CT molecular complexity index is 5910. The standard InChI is InChI=1S/C54H50N2.C46H30/c1-35-21-25-43(29-37(35)3)55(45-27-23-39-13-5-7-15-41(39)31-45)53-33-51-48-18-10-12-20-50(48)54(34-52(51)47-17-9-11-19-49(47)53)56(44-26-22-36(2)38(4)30-44)46-28-24-40-14-6-8-16-42(40)32-46;1-2-14-33-29-38(27-26-31(33)12-1)46-43-23-7-5-21-41(43)45(42-22-6-8-24-44(42)46)37-19-10-17-35(30-37)34-16-9-18-36(28-34)40-25-11-15-32-13-3-4-20-39(32)40/h9-12,17-34H,5-8,13-16H2,1-4H3;1-30H. The zero-order valence-corrected chi connectivity index (χ0v) is 58.6. The Morgan fingerprint density at radius 2 is 0.578 bits per heavy atom. The third-order valence-electron chi connectivity index (χ3n) is 22.4. The molecular weight excluding hydrogens is 1230 g/mol. The van der Waals surface area contributed by atoms with E-state index in [1.165, 1.54) is 237 Å². The maximum absolute atomic E-state index is 2.53. The molecule has 0 spiro atoms. The highest BCUT2D eigenvalue weighted by atomic mass is 15.2. The van der Waals surface area contributed by atoms with Gasteiger partial charge in [-0.2, -0.15) is 0 Å². The van der Waals surface area contributed by atoms with Gasteiger partial charge in [0.1, 0.15) is 0 Å². The van der Waals surface area contributed by atoms with Crippen LogP contribution in [0.4, 0.5) is 34.1 Å². The summed E-state index contributed by atoms with van der Waals surface area (Å²) in [6.45, 7) is 8.90. The molecule has 17 aromatic rings. The van der Waals surface area contributed by atoms with Crippen molar-refractivity contribution < 1.29 is 0 Å². The van der Waals surface area contributed by atoms with Gasteiger partial charge >= 0.3 is 0 Å². The number of hydrogen-bond donors (Lipinski definition) is 0. The first-order chi connectivity index (χ1) is 50.2. The predicted octanol–water partition coefficient (Wildman–Crippen LogP) is 28.0. The molecule has 19 rings (SSSR count). The molecule has 0 fully saturated rings. The molecule has 0 aliphatic heterocycles. The van der Waals surface area contributed by atoms with Gasteiger partial charge in [-0.25, -0.2) is 0 Å². The van der Waals surface area contributed by atoms with E-state index in [4.69, 9.17) is 0 Å². The summed E-state index contributed by atoms with van der Waals surface area (Å²) in [6, 6.07) is 118. The van der Waals surface area contributed by atoms with E-state index in [0.717, 1.165) is 12.8 Å². The molecule has 2 nitrogen and oxygen atoms in total. The predicted molar refractivity (Wildman–Crippen MR) is 439 cm³/mol. The molecule has 0 radical (unpaired) electrons. The Morgan fingerprint density at radius 3 is 1.09 bits per heavy atom. The first kappa shape index (κ1) is 62.4. The molecule has 2 aliphatic rings. The summed E-state index contributed by atoms with van der Waals surface area (Å²) in [5.41, 5.74) is 28.5. The van der Waals surface area contributed by atoms with Crippen LogP contribution in [0.15, 0.2) is 315 Å². The van der Waals surface area contributed by atoms with Crippen molar-refractivity contribution in [3.63, 3.8) is 0 Å². The van der Waals surface area contributed by atoms with E-state index >= 15 is 0 Å². The van der Waals surface area contributed by atoms with Crippen LogP contribution in [0.5, 0.6) is 0 Å². The van der Waals surface area contributed by atoms with Crippen molar-refractivity contribution in [2.75, 3.05) is 9.80 Å². The summed E-state index contributed by atoms with van der Waals surface area (Å²) in [6.07, 6.45) is 9.74. The number of anilines is 6. The highest BCUT2D eigenvalue weighted by Gasteiger charge is 2.26. The van der Waals surface area contributed by atoms with Gasteiger partial charge in [0.05, 0.1) is 11.4 Å². The van der Waals surface area contributed by atoms with Crippen LogP contribution in [-0.4, -0.2) is 0 Å². The summed E-state index contributed by atoms with van der Waals surface area (Å²) in [5, 5.41) is 17.7. The highest BCUT2D eigenvalue weighted by Crippen LogP contribution is 2.50. The Labute approximate surface area is 599 Å². The normalized spacial score (nSPS) is 12.8. The van der Waals surface area contributed by atoms with E-state index in [1.807, 2.05) is 0 Å². The maximum atomic E-state index is 2.53. The van der Waals surface area contributed by atoms with Gasteiger partial charge in [0.15, 0.2) is 0 Å². The largest absolute Gasteiger partial charge is 0.310 e. The molecule has 0 unspecified atom stereocenters. The van der Waals surface area contributed by atoms with E-state index in [9.17, 15) is 0 Å². The van der Waals surface area contributed by atoms with Crippen molar-refractivity contribution in [1.82, 2.24) is 0 Å². The van der Waals surface area contributed by atoms with Crippen LogP contribution in [0.1, 0.15) is 70.2 Å². The summed E-state index contributed by atoms with van der Waals surface area (Å²) < 4.78 is 0. The van der Waals surface area contributed by atoms with E-state index in [2.05, 4.69) is 353 Å². The lowest BCUT2D eigenvalue weighted by atomic mass is 9.85. The molecule has 0 saturated heterocycles. The van der Waals surface area contributed by atoms with Crippen LogP contribution in [0.25, 0.3) is 120 Å². The smallest absolute Gasteiger partial charge is 0.0546 e. The van der Waals surface area contributed by atoms with E-state index in [0.29, 0.717) is 0 Å². The Morgan fingerprint density at radius 1 is 0.206 bits per heavy atom. The van der Waals surface area contributed by atoms with Crippen molar-refractivity contribution >= 4 is 110 Å². The number of nitrogens with zero attached hydrogens (tertiary/aromatic N) is 2. The van der Waals surface area contributed by atoms with Gasteiger partial charge in [0.25, 0.3) is 0 Å². The lowest BCUT2D eigenvalue weighted by Crippen LogP contribution is -2.14. The molecule has 2 aliphatic carbocycles. The molecule has 0 aromatic heterocycles. The lowest BCUT2D eigenvalue weighted by Gasteiger charge is -2.31. The molecule has 0 bridgehead atoms. The summed E-state index contributed by atoms with van der Waals surface area (Å²) in [4.78, 5) is 5.06. The van der Waals surface area contributed by atoms with Crippen LogP contribution < -0.4 is 9.80 Å². The lowest BCUT2D eigenvalue weighted by molar-refractivity contribution is 0.685. The van der Waals surface area contributed by atoms with Gasteiger partial charge in [-0.05, 0) is 312 Å². The van der Waals surface area contributed by atoms with Crippen LogP contribution in [0.3, 0.4) is 0 Å². The molecule has 102 heavy (non-hydrogen) atoms. The van der Waals surface area contributed by atoms with Crippen molar-refractivity contribution in [1.29, 1.82) is 0 Å². The zero-order valence-electron chi connectivity index (χ0n) is 58.6. The third kappa shape index (κ3) is 11.3. The highest BCUT2D eigenvalue weighted by molar-refractivity contribution is 6.25. The fourth-order valence-electron chi connectivity index (χ4n) is 16.9. The van der Waals surface area contributed by atoms with E-state index < -0.39 is 0 Å². The Balaban J connectivity index is 0.000000149. The average molecular weight is 1310 g/mol. The number of hydrogen-bond acceptors (Lipinski definition) is 2. The molecule has 490 valence electrons. The topological polar surface area (TPSA) is 6.48 Å². The quantitative estimate of drug-likeness (QED) is 0.0995. The molecule has 0 amide bonds. The SMILES string of the molecule is Cc1ccc(N(c2ccc3c(c2)CCCC3)c2cc3c4ccccc4c(N(c4ccc(C)c(C)c4)c4ccc5c(c4)CCCC5)cc3c3ccccc23)cc1C.c1cc(-c2cccc(-c3c4ccccc4c(-c4ccc5ccccc5c4)c4ccccc34)c2)cc(-c2cccc3ccccc23)c1. The minimum absolute atomic E-state index is 1.15. The van der Waals surface area contributed by atoms with Crippen LogP contribution >= 0.6 is 0 Å². The fraction of sp³-hybridized carbons (Fsp3) is 0.120. The summed E-state index contributed by atoms with van der Waals surface area (Å²) >= 11 is 0. The van der Waals surface area contributed by atoms with Gasteiger partial charge in [0.2, 0.25) is 0 Å². The van der Waals surface area contributed by atoms with Crippen LogP contribution in [0, 0.1) is 27.7 Å². The van der Waals surface area contributed by atoms with Gasteiger partial charge in [0, 0.05) is 33.5 Å². The first-order valence-electron chi connectivity index (χ1n) is 36.7. The first-order valence-corrected chi connectivity index (χ1v) is 36.7. The Hall–Kier alpha value is -11.8. The van der Waals surface area contributed by atoms with Crippen molar-refractivity contribution in [2.45, 2.75) is 79.1 Å². The van der Waals surface area contributed by atoms with Gasteiger partial charge < -0.3 is 9.80 Å². The second-order valence-corrected chi connectivity index (χ2v) is 28.6. The van der Waals surface area contributed by atoms with Crippen LogP contribution in [-0.2, 0) is 25.7 Å². The van der Waals surface area contributed by atoms with Crippen molar-refractivity contribution in [3.05, 3.63) is 360 Å². The molecular formula is C100H80N2. The van der Waals surface area contributed by atoms with Crippen LogP contribution in [0.2, 0.25) is 0 Å². The number of aryl methyl sites for hydroxylation is 8. The molecule has 0 N–H and O–H groups in total. The number of rotatable bonds is 10. The van der Waals surface area contributed by atoms with E-state index in [1.54, 1.807) is 0 Å². The fourth-order valence-corrected chi connectivity index (χ4v) is 16.9. The van der Waals surface area contributed by atoms with Gasteiger partial charge in [-0.15, -0.1) is 0 Å². The zero-order chi connectivity index (χ0) is 68.4. The van der Waals surface area contributed by atoms with Gasteiger partial charge in [-0.1, -0.05) is 237 Å². The third-order valence-corrected chi connectivity index (χ3v) is 22.4. The minimum Gasteiger partial charge on any atom is -0.310 e. The van der Waals surface area contributed by atoms with Crippen molar-refractivity contribution in [2.24, 2.45) is 0 Å². The van der Waals surface area contributed by atoms with Gasteiger partial charge in [-0.3, -0.25) is 0 Å². The monoisotopic (exact) mass is 1310 g/mol. The van der Waals surface area contributed by atoms with Crippen molar-refractivity contribution in [3.8, 4) is 44.5 Å². The number of fused-ring (bicyclic) bond motifs is 11. The second kappa shape index (κ2) is 26.4. The Kier molecular flexibility index (Phi) is 16.1. The minimum atomic E-state index is 1.15. The maximum Gasteiger partial charge on any atom is 0.0546 e. The van der Waals surface area contributed by atoms with E-state index in [-0.39, 0.29) is 0 Å². The summed E-state index contributed by atoms with van der Waals surface area (Å²) in [7, 11) is 0. The molecule has 0 saturated carbocycles.